The van der Waals surface area contributed by atoms with Gasteiger partial charge in [0.05, 0.1) is 27.0 Å². The normalized spacial score (nSPS) is 10.1. The molecule has 0 aliphatic heterocycles. The first-order chi connectivity index (χ1) is 11.0. The first-order valence-electron chi connectivity index (χ1n) is 6.74. The van der Waals surface area contributed by atoms with E-state index >= 15 is 0 Å². The number of methoxy groups -OCH3 is 3. The molecule has 0 unspecified atom stereocenters. The number of hydrogen-bond acceptors (Lipinski definition) is 5. The predicted molar refractivity (Wildman–Crippen MR) is 90.7 cm³/mol. The lowest BCUT2D eigenvalue weighted by molar-refractivity contribution is 0.102. The van der Waals surface area contributed by atoms with Crippen molar-refractivity contribution >= 4 is 27.7 Å². The van der Waals surface area contributed by atoms with Crippen LogP contribution in [0.3, 0.4) is 0 Å². The number of pyridine rings is 1. The van der Waals surface area contributed by atoms with Gasteiger partial charge >= 0.3 is 0 Å². The molecule has 122 valence electrons. The number of aryl methyl sites for hydroxylation is 1. The van der Waals surface area contributed by atoms with Crippen LogP contribution in [0.25, 0.3) is 0 Å². The minimum absolute atomic E-state index is 0.321. The second-order valence-electron chi connectivity index (χ2n) is 4.63. The Kier molecular flexibility index (Phi) is 5.44. The van der Waals surface area contributed by atoms with E-state index in [4.69, 9.17) is 14.2 Å². The van der Waals surface area contributed by atoms with Gasteiger partial charge < -0.3 is 19.5 Å². The SMILES string of the molecule is COc1cc(C(=O)Nc2ccc(Br)c(C)n2)cc(OC)c1OC. The molecule has 0 atom stereocenters. The van der Waals surface area contributed by atoms with Crippen LogP contribution in [-0.2, 0) is 0 Å². The quantitative estimate of drug-likeness (QED) is 0.860. The van der Waals surface area contributed by atoms with Gasteiger partial charge in [-0.15, -0.1) is 0 Å². The number of nitrogens with one attached hydrogen (secondary N) is 1. The summed E-state index contributed by atoms with van der Waals surface area (Å²) in [6.07, 6.45) is 0. The average Bonchev–Trinajstić information content (AvgIpc) is 2.56. The predicted octanol–water partition coefficient (Wildman–Crippen LogP) is 3.43. The van der Waals surface area contributed by atoms with Crippen molar-refractivity contribution in [2.45, 2.75) is 6.92 Å². The van der Waals surface area contributed by atoms with Crippen LogP contribution in [0.4, 0.5) is 5.82 Å². The first-order valence-corrected chi connectivity index (χ1v) is 7.54. The third-order valence-electron chi connectivity index (χ3n) is 3.19. The summed E-state index contributed by atoms with van der Waals surface area (Å²) in [4.78, 5) is 16.7. The van der Waals surface area contributed by atoms with Gasteiger partial charge in [-0.2, -0.15) is 0 Å². The van der Waals surface area contributed by atoms with E-state index in [1.807, 2.05) is 13.0 Å². The van der Waals surface area contributed by atoms with Gasteiger partial charge in [-0.05, 0) is 47.1 Å². The van der Waals surface area contributed by atoms with Crippen molar-refractivity contribution in [2.24, 2.45) is 0 Å². The Morgan fingerprint density at radius 2 is 1.70 bits per heavy atom. The van der Waals surface area contributed by atoms with E-state index in [-0.39, 0.29) is 5.91 Å². The van der Waals surface area contributed by atoms with Crippen LogP contribution < -0.4 is 19.5 Å². The summed E-state index contributed by atoms with van der Waals surface area (Å²) in [7, 11) is 4.51. The standard InChI is InChI=1S/C16H17BrN2O4/c1-9-11(17)5-6-14(18-9)19-16(20)10-7-12(21-2)15(23-4)13(8-10)22-3/h5-8H,1-4H3,(H,18,19,20). The Morgan fingerprint density at radius 1 is 1.09 bits per heavy atom. The summed E-state index contributed by atoms with van der Waals surface area (Å²) in [5.41, 5.74) is 1.16. The maximum absolute atomic E-state index is 12.4. The maximum atomic E-state index is 12.4. The first kappa shape index (κ1) is 17.1. The molecule has 2 rings (SSSR count). The van der Waals surface area contributed by atoms with Gasteiger partial charge in [0.2, 0.25) is 5.75 Å². The summed E-state index contributed by atoms with van der Waals surface area (Å²) in [6.45, 7) is 1.85. The zero-order valence-electron chi connectivity index (χ0n) is 13.3. The lowest BCUT2D eigenvalue weighted by Gasteiger charge is -2.14. The molecule has 7 heteroatoms. The van der Waals surface area contributed by atoms with Gasteiger partial charge in [-0.25, -0.2) is 4.98 Å². The summed E-state index contributed by atoms with van der Waals surface area (Å²) < 4.78 is 16.6. The van der Waals surface area contributed by atoms with Crippen molar-refractivity contribution < 1.29 is 19.0 Å². The van der Waals surface area contributed by atoms with Crippen LogP contribution in [0, 0.1) is 6.92 Å². The molecule has 1 aromatic heterocycles. The fourth-order valence-electron chi connectivity index (χ4n) is 2.01. The van der Waals surface area contributed by atoms with Crippen molar-refractivity contribution in [2.75, 3.05) is 26.6 Å². The van der Waals surface area contributed by atoms with Gasteiger partial charge in [-0.1, -0.05) is 0 Å². The molecule has 0 fully saturated rings. The lowest BCUT2D eigenvalue weighted by atomic mass is 10.1. The molecule has 0 saturated heterocycles. The Bertz CT molecular complexity index is 709. The number of ether oxygens (including phenoxy) is 3. The van der Waals surface area contributed by atoms with Crippen molar-refractivity contribution in [1.29, 1.82) is 0 Å². The molecule has 0 saturated carbocycles. The van der Waals surface area contributed by atoms with Crippen LogP contribution in [0.2, 0.25) is 0 Å². The number of amides is 1. The number of hydrogen-bond donors (Lipinski definition) is 1. The molecule has 23 heavy (non-hydrogen) atoms. The highest BCUT2D eigenvalue weighted by molar-refractivity contribution is 9.10. The molecular formula is C16H17BrN2O4. The smallest absolute Gasteiger partial charge is 0.257 e. The summed E-state index contributed by atoms with van der Waals surface area (Å²) in [5, 5.41) is 2.74. The van der Waals surface area contributed by atoms with Crippen LogP contribution in [0.15, 0.2) is 28.7 Å². The number of anilines is 1. The number of carbonyl (C=O) groups is 1. The fourth-order valence-corrected chi connectivity index (χ4v) is 2.24. The molecule has 2 aromatic rings. The highest BCUT2D eigenvalue weighted by atomic mass is 79.9. The van der Waals surface area contributed by atoms with Gasteiger partial charge in [0.1, 0.15) is 5.82 Å². The van der Waals surface area contributed by atoms with Gasteiger partial charge in [0, 0.05) is 10.0 Å². The Morgan fingerprint density at radius 3 is 2.17 bits per heavy atom. The molecule has 0 aliphatic carbocycles. The zero-order chi connectivity index (χ0) is 17.0. The fraction of sp³-hybridized carbons (Fsp3) is 0.250. The molecule has 1 amide bonds. The van der Waals surface area contributed by atoms with Crippen molar-refractivity contribution in [3.63, 3.8) is 0 Å². The highest BCUT2D eigenvalue weighted by Gasteiger charge is 2.17. The highest BCUT2D eigenvalue weighted by Crippen LogP contribution is 2.38. The minimum atomic E-state index is -0.321. The van der Waals surface area contributed by atoms with E-state index < -0.39 is 0 Å². The number of rotatable bonds is 5. The zero-order valence-corrected chi connectivity index (χ0v) is 14.9. The monoisotopic (exact) mass is 380 g/mol. The van der Waals surface area contributed by atoms with Crippen molar-refractivity contribution in [1.82, 2.24) is 4.98 Å². The molecule has 1 N–H and O–H groups in total. The van der Waals surface area contributed by atoms with E-state index in [1.54, 1.807) is 18.2 Å². The third kappa shape index (κ3) is 3.73. The Labute approximate surface area is 142 Å². The van der Waals surface area contributed by atoms with Gasteiger partial charge in [-0.3, -0.25) is 4.79 Å². The van der Waals surface area contributed by atoms with Gasteiger partial charge in [0.25, 0.3) is 5.91 Å². The molecule has 6 nitrogen and oxygen atoms in total. The van der Waals surface area contributed by atoms with E-state index in [2.05, 4.69) is 26.2 Å². The van der Waals surface area contributed by atoms with Crippen LogP contribution >= 0.6 is 15.9 Å². The van der Waals surface area contributed by atoms with E-state index in [0.717, 1.165) is 10.2 Å². The second-order valence-corrected chi connectivity index (χ2v) is 5.49. The molecule has 1 aromatic carbocycles. The molecular weight excluding hydrogens is 364 g/mol. The third-order valence-corrected chi connectivity index (χ3v) is 4.03. The topological polar surface area (TPSA) is 69.7 Å². The number of aromatic nitrogens is 1. The average molecular weight is 381 g/mol. The number of nitrogens with zero attached hydrogens (tertiary/aromatic N) is 1. The summed E-state index contributed by atoms with van der Waals surface area (Å²) in [5.74, 6) is 1.40. The molecule has 0 aliphatic rings. The number of halogens is 1. The molecule has 0 bridgehead atoms. The van der Waals surface area contributed by atoms with E-state index in [9.17, 15) is 4.79 Å². The van der Waals surface area contributed by atoms with E-state index in [1.165, 1.54) is 21.3 Å². The lowest BCUT2D eigenvalue weighted by Crippen LogP contribution is -2.14. The largest absolute Gasteiger partial charge is 0.493 e. The second kappa shape index (κ2) is 7.32. The van der Waals surface area contributed by atoms with Crippen LogP contribution in [-0.4, -0.2) is 32.2 Å². The van der Waals surface area contributed by atoms with E-state index in [0.29, 0.717) is 28.6 Å². The maximum Gasteiger partial charge on any atom is 0.257 e. The molecule has 0 radical (unpaired) electrons. The van der Waals surface area contributed by atoms with Crippen molar-refractivity contribution in [3.8, 4) is 17.2 Å². The van der Waals surface area contributed by atoms with Crippen molar-refractivity contribution in [3.05, 3.63) is 40.0 Å². The summed E-state index contributed by atoms with van der Waals surface area (Å²) >= 11 is 3.37. The Balaban J connectivity index is 2.33. The Hall–Kier alpha value is -2.28. The van der Waals surface area contributed by atoms with Crippen LogP contribution in [0.5, 0.6) is 17.2 Å². The minimum Gasteiger partial charge on any atom is -0.493 e. The number of benzene rings is 1. The number of carbonyl (C=O) groups excluding carboxylic acids is 1. The van der Waals surface area contributed by atoms with Gasteiger partial charge in [0.15, 0.2) is 11.5 Å². The summed E-state index contributed by atoms with van der Waals surface area (Å²) in [6, 6.07) is 6.71. The van der Waals surface area contributed by atoms with Crippen LogP contribution in [0.1, 0.15) is 16.1 Å². The molecule has 0 spiro atoms. The molecule has 1 heterocycles.